The van der Waals surface area contributed by atoms with Crippen molar-refractivity contribution in [3.63, 3.8) is 0 Å². The minimum absolute atomic E-state index is 0.0487. The number of fused-ring (bicyclic) bond motifs is 3. The first-order chi connectivity index (χ1) is 33.6. The van der Waals surface area contributed by atoms with E-state index in [4.69, 9.17) is 40.3 Å². The molecule has 0 saturated carbocycles. The number of esters is 1. The van der Waals surface area contributed by atoms with Crippen molar-refractivity contribution in [2.45, 2.75) is 88.4 Å². The fraction of sp³-hybridized carbons (Fsp3) is 0.391. The lowest BCUT2D eigenvalue weighted by Gasteiger charge is -2.36. The maximum absolute atomic E-state index is 13.5. The van der Waals surface area contributed by atoms with Crippen molar-refractivity contribution >= 4 is 62.8 Å². The SMILES string of the molecule is CCN(OC([C@H]1O[C@@H](n2cnc3c(N)ncnc32)[C@H](O)[C@@H]1O)N(C=O)CC)c1ccc(CCC(=O)O[C@H]2[C@@H](O)[C@H](n3cnc4c(N)ncnc43)O[C@@H]2COOCCc2ccc3ccccc3c2)cc1. The summed E-state index contributed by atoms with van der Waals surface area (Å²) in [6.07, 6.45) is -4.30. The fourth-order valence-corrected chi connectivity index (χ4v) is 8.58. The smallest absolute Gasteiger partial charge is 0.306 e. The van der Waals surface area contributed by atoms with Crippen LogP contribution in [0.25, 0.3) is 33.1 Å². The minimum atomic E-state index is -1.49. The first-order valence-electron chi connectivity index (χ1n) is 22.4. The quantitative estimate of drug-likeness (QED) is 0.0183. The van der Waals surface area contributed by atoms with Crippen LogP contribution >= 0.6 is 0 Å². The van der Waals surface area contributed by atoms with Gasteiger partial charge in [-0.15, -0.1) is 0 Å². The van der Waals surface area contributed by atoms with E-state index in [1.54, 1.807) is 19.1 Å². The van der Waals surface area contributed by atoms with Crippen molar-refractivity contribution in [1.82, 2.24) is 43.9 Å². The number of hydrogen-bond acceptors (Lipinski definition) is 20. The minimum Gasteiger partial charge on any atom is -0.457 e. The summed E-state index contributed by atoms with van der Waals surface area (Å²) < 4.78 is 21.3. The number of imidazole rings is 2. The fourth-order valence-electron chi connectivity index (χ4n) is 8.58. The van der Waals surface area contributed by atoms with Gasteiger partial charge in [-0.25, -0.2) is 44.5 Å². The van der Waals surface area contributed by atoms with Crippen LogP contribution in [0.5, 0.6) is 0 Å². The summed E-state index contributed by atoms with van der Waals surface area (Å²) in [7, 11) is 0. The van der Waals surface area contributed by atoms with Gasteiger partial charge >= 0.3 is 5.97 Å². The molecule has 0 bridgehead atoms. The second-order valence-electron chi connectivity index (χ2n) is 16.5. The molecule has 0 spiro atoms. The van der Waals surface area contributed by atoms with Crippen LogP contribution in [-0.2, 0) is 51.3 Å². The summed E-state index contributed by atoms with van der Waals surface area (Å²) in [6.45, 7) is 4.14. The average molecular weight is 949 g/mol. The van der Waals surface area contributed by atoms with Gasteiger partial charge in [0.05, 0.1) is 24.9 Å². The number of nitrogen functional groups attached to an aromatic ring is 2. The third-order valence-electron chi connectivity index (χ3n) is 12.3. The van der Waals surface area contributed by atoms with Crippen molar-refractivity contribution in [3.8, 4) is 0 Å². The topological polar surface area (TPSA) is 296 Å². The van der Waals surface area contributed by atoms with Crippen LogP contribution in [0, 0.1) is 0 Å². The lowest BCUT2D eigenvalue weighted by Crippen LogP contribution is -2.52. The van der Waals surface area contributed by atoms with E-state index in [9.17, 15) is 24.9 Å². The van der Waals surface area contributed by atoms with Gasteiger partial charge in [0.15, 0.2) is 47.7 Å². The number of ether oxygens (including phenoxy) is 3. The number of anilines is 3. The number of carbonyl (C=O) groups is 2. The molecule has 3 aromatic carbocycles. The number of benzene rings is 3. The van der Waals surface area contributed by atoms with Crippen LogP contribution in [0.15, 0.2) is 92.0 Å². The molecule has 0 radical (unpaired) electrons. The highest BCUT2D eigenvalue weighted by molar-refractivity contribution is 5.83. The van der Waals surface area contributed by atoms with E-state index >= 15 is 0 Å². The monoisotopic (exact) mass is 948 g/mol. The van der Waals surface area contributed by atoms with Gasteiger partial charge in [0.25, 0.3) is 0 Å². The predicted molar refractivity (Wildman–Crippen MR) is 246 cm³/mol. The summed E-state index contributed by atoms with van der Waals surface area (Å²) >= 11 is 0. The molecule has 1 unspecified atom stereocenters. The molecule has 9 rings (SSSR count). The van der Waals surface area contributed by atoms with E-state index in [1.807, 2.05) is 43.3 Å². The van der Waals surface area contributed by atoms with Crippen molar-refractivity contribution in [2.24, 2.45) is 0 Å². The number of aryl methyl sites for hydroxylation is 1. The van der Waals surface area contributed by atoms with Crippen molar-refractivity contribution in [3.05, 3.63) is 103 Å². The van der Waals surface area contributed by atoms with E-state index < -0.39 is 61.3 Å². The van der Waals surface area contributed by atoms with E-state index in [0.29, 0.717) is 41.7 Å². The zero-order valence-electron chi connectivity index (χ0n) is 37.6. The molecular weight excluding hydrogens is 897 g/mol. The molecule has 362 valence electrons. The molecule has 2 aliphatic heterocycles. The van der Waals surface area contributed by atoms with Gasteiger partial charge in [-0.2, -0.15) is 0 Å². The molecule has 7 N–H and O–H groups in total. The summed E-state index contributed by atoms with van der Waals surface area (Å²) in [5, 5.41) is 37.9. The van der Waals surface area contributed by atoms with Crippen LogP contribution in [0.1, 0.15) is 43.9 Å². The van der Waals surface area contributed by atoms with Crippen LogP contribution in [0.2, 0.25) is 0 Å². The number of aliphatic hydroxyl groups is 3. The second kappa shape index (κ2) is 20.7. The van der Waals surface area contributed by atoms with Crippen LogP contribution in [0.4, 0.5) is 17.3 Å². The van der Waals surface area contributed by atoms with Gasteiger partial charge in [0, 0.05) is 19.5 Å². The number of amides is 1. The Morgan fingerprint density at radius 3 is 2.07 bits per heavy atom. The molecule has 0 aliphatic carbocycles. The molecular formula is C46H52N12O11. The zero-order valence-corrected chi connectivity index (χ0v) is 37.6. The Labute approximate surface area is 394 Å². The summed E-state index contributed by atoms with van der Waals surface area (Å²) in [4.78, 5) is 69.7. The predicted octanol–water partition coefficient (Wildman–Crippen LogP) is 2.16. The van der Waals surface area contributed by atoms with Crippen LogP contribution in [-0.4, -0.2) is 141 Å². The Morgan fingerprint density at radius 1 is 0.768 bits per heavy atom. The molecule has 7 aromatic rings. The normalized spacial score (nSPS) is 22.9. The molecule has 69 heavy (non-hydrogen) atoms. The Morgan fingerprint density at radius 2 is 1.42 bits per heavy atom. The summed E-state index contributed by atoms with van der Waals surface area (Å²) in [5.41, 5.74) is 15.6. The van der Waals surface area contributed by atoms with Gasteiger partial charge in [-0.3, -0.25) is 23.8 Å². The third kappa shape index (κ3) is 9.71. The Hall–Kier alpha value is -6.96. The van der Waals surface area contributed by atoms with Crippen molar-refractivity contribution in [1.29, 1.82) is 0 Å². The number of nitrogens with zero attached hydrogens (tertiary/aromatic N) is 10. The second-order valence-corrected chi connectivity index (χ2v) is 16.5. The number of rotatable bonds is 20. The van der Waals surface area contributed by atoms with E-state index in [2.05, 4.69) is 48.1 Å². The highest BCUT2D eigenvalue weighted by Gasteiger charge is 2.51. The highest BCUT2D eigenvalue weighted by Crippen LogP contribution is 2.37. The zero-order chi connectivity index (χ0) is 48.2. The molecule has 23 nitrogen and oxygen atoms in total. The molecule has 9 atom stereocenters. The molecule has 6 heterocycles. The number of nitrogens with two attached hydrogens (primary N) is 2. The highest BCUT2D eigenvalue weighted by atomic mass is 17.2. The van der Waals surface area contributed by atoms with Gasteiger partial charge in [-0.05, 0) is 60.7 Å². The Bertz CT molecular complexity index is 2890. The third-order valence-corrected chi connectivity index (χ3v) is 12.3. The van der Waals surface area contributed by atoms with Crippen molar-refractivity contribution in [2.75, 3.05) is 42.8 Å². The molecule has 4 aromatic heterocycles. The molecule has 1 amide bonds. The first kappa shape index (κ1) is 47.1. The number of aromatic nitrogens is 8. The van der Waals surface area contributed by atoms with Crippen LogP contribution in [0.3, 0.4) is 0 Å². The Kier molecular flexibility index (Phi) is 14.2. The number of likely N-dealkylation sites (N-methyl/N-ethyl adjacent to an activating group) is 1. The van der Waals surface area contributed by atoms with E-state index in [1.165, 1.54) is 44.4 Å². The average Bonchev–Trinajstić information content (AvgIpc) is 4.14. The number of hydrogen-bond donors (Lipinski definition) is 5. The standard InChI is InChI=1S/C46H52N12O11/c1-3-55(25-59)46(39-35(61)36(62)44(68-39)56-23-53-33-40(47)49-21-51-42(33)56)69-58(4-2)30-14-10-26(11-15-30)12-16-32(60)67-38-31(20-65-64-18-17-27-9-13-28-7-5-6-8-29(28)19-27)66-45(37(38)63)57-24-54-34-41(48)50-22-52-43(34)57/h5-11,13-15,19,21-25,31,35-39,44-46,61-63H,3-4,12,16-18,20H2,1-2H3,(H2,47,49,51)(H2,48,50,52)/t31-,35+,36-,37-,38-,39+,44-,45-,46?/m1/s1. The lowest BCUT2D eigenvalue weighted by atomic mass is 10.1. The molecule has 2 aliphatic rings. The van der Waals surface area contributed by atoms with Gasteiger partial charge in [-0.1, -0.05) is 54.6 Å². The summed E-state index contributed by atoms with van der Waals surface area (Å²) in [5.74, 6) is -0.310. The maximum atomic E-state index is 13.5. The van der Waals surface area contributed by atoms with Gasteiger partial charge < -0.3 is 45.9 Å². The number of hydroxylamine groups is 1. The molecule has 23 heteroatoms. The van der Waals surface area contributed by atoms with Crippen LogP contribution < -0.4 is 16.5 Å². The first-order valence-corrected chi connectivity index (χ1v) is 22.4. The van der Waals surface area contributed by atoms with E-state index in [0.717, 1.165) is 21.9 Å². The molecule has 2 fully saturated rings. The van der Waals surface area contributed by atoms with E-state index in [-0.39, 0.29) is 49.9 Å². The van der Waals surface area contributed by atoms with Gasteiger partial charge in [0.1, 0.15) is 60.8 Å². The summed E-state index contributed by atoms with van der Waals surface area (Å²) in [6, 6.07) is 21.4. The lowest BCUT2D eigenvalue weighted by molar-refractivity contribution is -0.309. The van der Waals surface area contributed by atoms with Gasteiger partial charge in [0.2, 0.25) is 6.41 Å². The van der Waals surface area contributed by atoms with Crippen molar-refractivity contribution < 1.29 is 53.7 Å². The molecule has 2 saturated heterocycles. The Balaban J connectivity index is 0.833. The largest absolute Gasteiger partial charge is 0.457 e. The number of carbonyl (C=O) groups excluding carboxylic acids is 2. The maximum Gasteiger partial charge on any atom is 0.306 e. The number of aliphatic hydroxyl groups excluding tert-OH is 3.